The van der Waals surface area contributed by atoms with E-state index in [2.05, 4.69) is 25.2 Å². The molecule has 2 saturated heterocycles. The summed E-state index contributed by atoms with van der Waals surface area (Å²) in [7, 11) is 0. The zero-order chi connectivity index (χ0) is 13.9. The predicted molar refractivity (Wildman–Crippen MR) is 72.1 cm³/mol. The molecule has 20 heavy (non-hydrogen) atoms. The van der Waals surface area contributed by atoms with Gasteiger partial charge in [0.05, 0.1) is 6.54 Å². The van der Waals surface area contributed by atoms with E-state index in [4.69, 9.17) is 0 Å². The highest BCUT2D eigenvalue weighted by Crippen LogP contribution is 2.20. The highest BCUT2D eigenvalue weighted by atomic mass is 16.6. The molecule has 1 aromatic rings. The molecule has 3 rings (SSSR count). The van der Waals surface area contributed by atoms with E-state index in [1.165, 1.54) is 25.9 Å². The van der Waals surface area contributed by atoms with Crippen LogP contribution in [0.25, 0.3) is 0 Å². The Labute approximate surface area is 118 Å². The van der Waals surface area contributed by atoms with Crippen LogP contribution in [0.15, 0.2) is 4.63 Å². The lowest BCUT2D eigenvalue weighted by atomic mass is 10.2. The van der Waals surface area contributed by atoms with Gasteiger partial charge in [0.25, 0.3) is 0 Å². The van der Waals surface area contributed by atoms with Crippen molar-refractivity contribution >= 4 is 6.03 Å². The Morgan fingerprint density at radius 2 is 2.15 bits per heavy atom. The number of amides is 2. The smallest absolute Gasteiger partial charge is 0.317 e. The molecule has 2 aliphatic heterocycles. The maximum absolute atomic E-state index is 12.1. The van der Waals surface area contributed by atoms with Crippen LogP contribution in [0.4, 0.5) is 4.79 Å². The maximum atomic E-state index is 12.1. The van der Waals surface area contributed by atoms with Gasteiger partial charge in [-0.25, -0.2) is 9.42 Å². The Kier molecular flexibility index (Phi) is 3.86. The van der Waals surface area contributed by atoms with Crippen LogP contribution in [0.1, 0.15) is 30.7 Å². The number of carbonyl (C=O) groups excluding carboxylic acids is 1. The molecule has 1 N–H and O–H groups in total. The third kappa shape index (κ3) is 2.77. The van der Waals surface area contributed by atoms with Crippen LogP contribution in [0, 0.1) is 6.92 Å². The molecule has 7 heteroatoms. The Morgan fingerprint density at radius 3 is 2.85 bits per heavy atom. The van der Waals surface area contributed by atoms with Crippen molar-refractivity contribution in [1.29, 1.82) is 0 Å². The van der Waals surface area contributed by atoms with Crippen LogP contribution in [0.3, 0.4) is 0 Å². The number of urea groups is 1. The molecule has 7 nitrogen and oxygen atoms in total. The molecule has 110 valence electrons. The summed E-state index contributed by atoms with van der Waals surface area (Å²) in [5.41, 5.74) is 1.41. The van der Waals surface area contributed by atoms with Gasteiger partial charge in [0.2, 0.25) is 0 Å². The zero-order valence-electron chi connectivity index (χ0n) is 11.8. The molecule has 3 heterocycles. The molecule has 0 saturated carbocycles. The summed E-state index contributed by atoms with van der Waals surface area (Å²) in [6.07, 6.45) is 3.67. The summed E-state index contributed by atoms with van der Waals surface area (Å²) in [4.78, 5) is 16.5. The van der Waals surface area contributed by atoms with Crippen LogP contribution in [0.2, 0.25) is 0 Å². The van der Waals surface area contributed by atoms with Gasteiger partial charge in [-0.1, -0.05) is 10.3 Å². The standard InChI is InChI=1S/C13H21N5O2/c1-10-12(16-20-15-10)8-14-13(19)18-7-4-11(9-18)17-5-2-3-6-17/h11H,2-9H2,1H3,(H,14,19). The highest BCUT2D eigenvalue weighted by Gasteiger charge is 2.31. The second kappa shape index (κ2) is 5.78. The van der Waals surface area contributed by atoms with Crippen LogP contribution >= 0.6 is 0 Å². The molecule has 2 amide bonds. The summed E-state index contributed by atoms with van der Waals surface area (Å²) < 4.78 is 4.62. The number of nitrogens with zero attached hydrogens (tertiary/aromatic N) is 4. The number of aromatic nitrogens is 2. The minimum Gasteiger partial charge on any atom is -0.332 e. The second-order valence-corrected chi connectivity index (χ2v) is 5.59. The van der Waals surface area contributed by atoms with Gasteiger partial charge in [-0.15, -0.1) is 0 Å². The average molecular weight is 279 g/mol. The Balaban J connectivity index is 1.47. The minimum absolute atomic E-state index is 0.0194. The Bertz CT molecular complexity index is 469. The lowest BCUT2D eigenvalue weighted by Crippen LogP contribution is -2.41. The van der Waals surface area contributed by atoms with Crippen molar-refractivity contribution in [2.45, 2.75) is 38.8 Å². The topological polar surface area (TPSA) is 74.5 Å². The maximum Gasteiger partial charge on any atom is 0.317 e. The first kappa shape index (κ1) is 13.4. The molecule has 0 radical (unpaired) electrons. The van der Waals surface area contributed by atoms with E-state index >= 15 is 0 Å². The quantitative estimate of drug-likeness (QED) is 0.884. The fourth-order valence-electron chi connectivity index (χ4n) is 3.01. The van der Waals surface area contributed by atoms with Crippen LogP contribution in [-0.2, 0) is 6.54 Å². The molecule has 0 bridgehead atoms. The Morgan fingerprint density at radius 1 is 1.35 bits per heavy atom. The first-order chi connectivity index (χ1) is 9.74. The summed E-state index contributed by atoms with van der Waals surface area (Å²) in [6.45, 7) is 6.23. The molecule has 2 aliphatic rings. The van der Waals surface area contributed by atoms with Crippen molar-refractivity contribution in [3.63, 3.8) is 0 Å². The normalized spacial score (nSPS) is 23.4. The number of likely N-dealkylation sites (tertiary alicyclic amines) is 2. The number of hydrogen-bond donors (Lipinski definition) is 1. The monoisotopic (exact) mass is 279 g/mol. The molecule has 0 aliphatic carbocycles. The minimum atomic E-state index is -0.0194. The fraction of sp³-hybridized carbons (Fsp3) is 0.769. The number of nitrogens with one attached hydrogen (secondary N) is 1. The van der Waals surface area contributed by atoms with E-state index in [1.807, 2.05) is 11.8 Å². The number of carbonyl (C=O) groups is 1. The lowest BCUT2D eigenvalue weighted by molar-refractivity contribution is 0.198. The number of rotatable bonds is 3. The number of aryl methyl sites for hydroxylation is 1. The first-order valence-electron chi connectivity index (χ1n) is 7.29. The summed E-state index contributed by atoms with van der Waals surface area (Å²) in [5.74, 6) is 0. The molecular weight excluding hydrogens is 258 g/mol. The summed E-state index contributed by atoms with van der Waals surface area (Å²) in [6, 6.07) is 0.521. The van der Waals surface area contributed by atoms with E-state index in [1.54, 1.807) is 0 Å². The van der Waals surface area contributed by atoms with Gasteiger partial charge in [0, 0.05) is 19.1 Å². The van der Waals surface area contributed by atoms with Crippen molar-refractivity contribution < 1.29 is 9.42 Å². The van der Waals surface area contributed by atoms with E-state index in [0.717, 1.165) is 25.2 Å². The fourth-order valence-corrected chi connectivity index (χ4v) is 3.01. The first-order valence-corrected chi connectivity index (χ1v) is 7.29. The van der Waals surface area contributed by atoms with Gasteiger partial charge >= 0.3 is 6.03 Å². The highest BCUT2D eigenvalue weighted by molar-refractivity contribution is 5.74. The zero-order valence-corrected chi connectivity index (χ0v) is 11.8. The van der Waals surface area contributed by atoms with Gasteiger partial charge < -0.3 is 10.2 Å². The van der Waals surface area contributed by atoms with E-state index in [0.29, 0.717) is 18.3 Å². The molecule has 1 atom stereocenters. The van der Waals surface area contributed by atoms with Crippen molar-refractivity contribution in [3.05, 3.63) is 11.4 Å². The van der Waals surface area contributed by atoms with Crippen molar-refractivity contribution in [1.82, 2.24) is 25.4 Å². The van der Waals surface area contributed by atoms with Crippen LogP contribution in [-0.4, -0.2) is 58.4 Å². The van der Waals surface area contributed by atoms with Crippen molar-refractivity contribution in [2.24, 2.45) is 0 Å². The van der Waals surface area contributed by atoms with Crippen molar-refractivity contribution in [2.75, 3.05) is 26.2 Å². The molecule has 0 aromatic carbocycles. The molecule has 2 fully saturated rings. The third-order valence-corrected chi connectivity index (χ3v) is 4.26. The summed E-state index contributed by atoms with van der Waals surface area (Å²) >= 11 is 0. The van der Waals surface area contributed by atoms with Crippen LogP contribution in [0.5, 0.6) is 0 Å². The van der Waals surface area contributed by atoms with Gasteiger partial charge in [-0.05, 0) is 39.3 Å². The molecule has 1 unspecified atom stereocenters. The molecule has 0 spiro atoms. The van der Waals surface area contributed by atoms with Gasteiger partial charge in [-0.3, -0.25) is 4.90 Å². The third-order valence-electron chi connectivity index (χ3n) is 4.26. The lowest BCUT2D eigenvalue weighted by Gasteiger charge is -2.23. The van der Waals surface area contributed by atoms with Crippen LogP contribution < -0.4 is 5.32 Å². The predicted octanol–water partition coefficient (Wildman–Crippen LogP) is 0.758. The largest absolute Gasteiger partial charge is 0.332 e. The van der Waals surface area contributed by atoms with E-state index < -0.39 is 0 Å². The average Bonchev–Trinajstić information content (AvgIpc) is 3.17. The number of hydrogen-bond acceptors (Lipinski definition) is 5. The van der Waals surface area contributed by atoms with E-state index in [9.17, 15) is 4.79 Å². The molecular formula is C13H21N5O2. The van der Waals surface area contributed by atoms with Gasteiger partial charge in [0.15, 0.2) is 0 Å². The van der Waals surface area contributed by atoms with Gasteiger partial charge in [0.1, 0.15) is 11.4 Å². The van der Waals surface area contributed by atoms with Gasteiger partial charge in [-0.2, -0.15) is 0 Å². The summed E-state index contributed by atoms with van der Waals surface area (Å²) in [5, 5.41) is 10.3. The molecule has 1 aromatic heterocycles. The van der Waals surface area contributed by atoms with E-state index in [-0.39, 0.29) is 6.03 Å². The SMILES string of the molecule is Cc1nonc1CNC(=O)N1CCC(N2CCCC2)C1. The van der Waals surface area contributed by atoms with Crippen molar-refractivity contribution in [3.8, 4) is 0 Å². The second-order valence-electron chi connectivity index (χ2n) is 5.59. The Hall–Kier alpha value is -1.63.